The van der Waals surface area contributed by atoms with E-state index in [1.165, 1.54) is 0 Å². The predicted molar refractivity (Wildman–Crippen MR) is 182 cm³/mol. The van der Waals surface area contributed by atoms with E-state index >= 15 is 0 Å². The molecular weight excluding hydrogens is 618 g/mol. The molecule has 5 rings (SSSR count). The first-order chi connectivity index (χ1) is 22.2. The van der Waals surface area contributed by atoms with Crippen LogP contribution in [-0.4, -0.2) is 42.6 Å². The standard InChI is InChI=1S/C38H36ClNO5S/c1-2-34-35(15-8-16-36(34)38(42)43)29-11-7-14-33(24-29)46(44,45)32-19-17-27(18-20-32)21-22-40(25-28-9-4-3-5-10-28)26-37(41)30-12-6-13-31(39)23-30/h3-20,23-24,37,41H,2,21-22,25-26H2,1H3,(H,42,43). The molecule has 5 aromatic rings. The van der Waals surface area contributed by atoms with E-state index in [1.54, 1.807) is 60.7 Å². The number of aliphatic hydroxyl groups excluding tert-OH is 1. The zero-order valence-corrected chi connectivity index (χ0v) is 27.1. The van der Waals surface area contributed by atoms with Crippen LogP contribution >= 0.6 is 11.6 Å². The van der Waals surface area contributed by atoms with Gasteiger partial charge in [0, 0.05) is 24.7 Å². The fourth-order valence-corrected chi connectivity index (χ4v) is 7.17. The number of carbonyl (C=O) groups is 1. The first kappa shape index (κ1) is 33.1. The Morgan fingerprint density at radius 2 is 1.52 bits per heavy atom. The van der Waals surface area contributed by atoms with Gasteiger partial charge in [0.05, 0.1) is 21.5 Å². The van der Waals surface area contributed by atoms with Crippen molar-refractivity contribution in [2.75, 3.05) is 13.1 Å². The second-order valence-electron chi connectivity index (χ2n) is 11.2. The van der Waals surface area contributed by atoms with E-state index in [4.69, 9.17) is 11.6 Å². The molecule has 0 fully saturated rings. The van der Waals surface area contributed by atoms with E-state index in [0.29, 0.717) is 54.2 Å². The SMILES string of the molecule is CCc1c(C(=O)O)cccc1-c1cccc(S(=O)(=O)c2ccc(CCN(Cc3ccccc3)CC(O)c3cccc(Cl)c3)cc2)c1. The topological polar surface area (TPSA) is 94.9 Å². The zero-order chi connectivity index (χ0) is 32.7. The number of aromatic carboxylic acids is 1. The van der Waals surface area contributed by atoms with Crippen molar-refractivity contribution in [3.05, 3.63) is 154 Å². The summed E-state index contributed by atoms with van der Waals surface area (Å²) in [7, 11) is -3.82. The van der Waals surface area contributed by atoms with Crippen LogP contribution in [0.15, 0.2) is 131 Å². The molecule has 6 nitrogen and oxygen atoms in total. The summed E-state index contributed by atoms with van der Waals surface area (Å²) < 4.78 is 27.3. The van der Waals surface area contributed by atoms with Crippen LogP contribution in [0.1, 0.15) is 45.6 Å². The van der Waals surface area contributed by atoms with E-state index in [2.05, 4.69) is 17.0 Å². The van der Waals surface area contributed by atoms with E-state index in [9.17, 15) is 23.4 Å². The number of aliphatic hydroxyl groups is 1. The quantitative estimate of drug-likeness (QED) is 0.134. The van der Waals surface area contributed by atoms with Crippen LogP contribution in [0, 0.1) is 0 Å². The molecule has 8 heteroatoms. The summed E-state index contributed by atoms with van der Waals surface area (Å²) in [6, 6.07) is 35.9. The van der Waals surface area contributed by atoms with Gasteiger partial charge in [0.1, 0.15) is 0 Å². The molecule has 5 aromatic carbocycles. The molecule has 0 radical (unpaired) electrons. The molecule has 0 aromatic heterocycles. The predicted octanol–water partition coefficient (Wildman–Crippen LogP) is 7.88. The lowest BCUT2D eigenvalue weighted by Crippen LogP contribution is -2.30. The molecule has 1 unspecified atom stereocenters. The van der Waals surface area contributed by atoms with Crippen molar-refractivity contribution in [3.63, 3.8) is 0 Å². The van der Waals surface area contributed by atoms with E-state index in [1.807, 2.05) is 55.5 Å². The highest BCUT2D eigenvalue weighted by Crippen LogP contribution is 2.31. The number of benzene rings is 5. The zero-order valence-electron chi connectivity index (χ0n) is 25.5. The fraction of sp³-hybridized carbons (Fsp3) is 0.184. The van der Waals surface area contributed by atoms with Crippen LogP contribution in [-0.2, 0) is 29.2 Å². The molecule has 0 saturated heterocycles. The highest BCUT2D eigenvalue weighted by Gasteiger charge is 2.21. The van der Waals surface area contributed by atoms with Crippen molar-refractivity contribution in [1.82, 2.24) is 4.90 Å². The molecule has 0 aliphatic carbocycles. The van der Waals surface area contributed by atoms with E-state index in [-0.39, 0.29) is 15.4 Å². The molecule has 0 spiro atoms. The van der Waals surface area contributed by atoms with Gasteiger partial charge in [-0.05, 0) is 88.7 Å². The minimum absolute atomic E-state index is 0.143. The van der Waals surface area contributed by atoms with Crippen molar-refractivity contribution >= 4 is 27.4 Å². The Balaban J connectivity index is 1.32. The van der Waals surface area contributed by atoms with Crippen molar-refractivity contribution < 1.29 is 23.4 Å². The summed E-state index contributed by atoms with van der Waals surface area (Å²) in [4.78, 5) is 14.3. The average molecular weight is 654 g/mol. The van der Waals surface area contributed by atoms with Gasteiger partial charge in [-0.15, -0.1) is 0 Å². The normalized spacial score (nSPS) is 12.3. The fourth-order valence-electron chi connectivity index (χ4n) is 5.67. The van der Waals surface area contributed by atoms with Crippen molar-refractivity contribution in [1.29, 1.82) is 0 Å². The Kier molecular flexibility index (Phi) is 10.7. The van der Waals surface area contributed by atoms with Gasteiger partial charge in [0.2, 0.25) is 9.84 Å². The Morgan fingerprint density at radius 3 is 2.22 bits per heavy atom. The van der Waals surface area contributed by atoms with Gasteiger partial charge >= 0.3 is 5.97 Å². The minimum Gasteiger partial charge on any atom is -0.478 e. The third-order valence-corrected chi connectivity index (χ3v) is 10.1. The molecule has 46 heavy (non-hydrogen) atoms. The lowest BCUT2D eigenvalue weighted by Gasteiger charge is -2.25. The molecule has 236 valence electrons. The second kappa shape index (κ2) is 14.9. The number of hydrogen-bond acceptors (Lipinski definition) is 5. The minimum atomic E-state index is -3.82. The van der Waals surface area contributed by atoms with Gasteiger partial charge in [0.15, 0.2) is 0 Å². The van der Waals surface area contributed by atoms with Gasteiger partial charge in [-0.2, -0.15) is 0 Å². The smallest absolute Gasteiger partial charge is 0.335 e. The highest BCUT2D eigenvalue weighted by atomic mass is 35.5. The molecule has 2 N–H and O–H groups in total. The van der Waals surface area contributed by atoms with Crippen molar-refractivity contribution in [2.45, 2.75) is 42.2 Å². The van der Waals surface area contributed by atoms with Gasteiger partial charge in [-0.1, -0.05) is 97.4 Å². The maximum atomic E-state index is 13.7. The summed E-state index contributed by atoms with van der Waals surface area (Å²) in [5.41, 5.74) is 5.09. The van der Waals surface area contributed by atoms with Crippen LogP contribution in [0.2, 0.25) is 5.02 Å². The summed E-state index contributed by atoms with van der Waals surface area (Å²) in [6.07, 6.45) is 0.439. The van der Waals surface area contributed by atoms with Crippen molar-refractivity contribution in [2.24, 2.45) is 0 Å². The molecule has 0 bridgehead atoms. The first-order valence-corrected chi connectivity index (χ1v) is 17.0. The highest BCUT2D eigenvalue weighted by molar-refractivity contribution is 7.91. The Morgan fingerprint density at radius 1 is 0.804 bits per heavy atom. The number of carboxylic acids is 1. The molecule has 0 aliphatic rings. The molecule has 1 atom stereocenters. The molecule has 0 heterocycles. The van der Waals surface area contributed by atoms with Gasteiger partial charge < -0.3 is 10.2 Å². The van der Waals surface area contributed by atoms with Gasteiger partial charge in [0.25, 0.3) is 0 Å². The third-order valence-electron chi connectivity index (χ3n) is 8.08. The molecule has 0 aliphatic heterocycles. The van der Waals surface area contributed by atoms with Crippen LogP contribution in [0.5, 0.6) is 0 Å². The number of nitrogens with zero attached hydrogens (tertiary/aromatic N) is 1. The van der Waals surface area contributed by atoms with Crippen molar-refractivity contribution in [3.8, 4) is 11.1 Å². The number of carboxylic acid groups (broad SMARTS) is 1. The maximum Gasteiger partial charge on any atom is 0.335 e. The number of sulfone groups is 1. The first-order valence-electron chi connectivity index (χ1n) is 15.1. The molecule has 0 saturated carbocycles. The van der Waals surface area contributed by atoms with Crippen LogP contribution in [0.3, 0.4) is 0 Å². The van der Waals surface area contributed by atoms with E-state index in [0.717, 1.165) is 16.7 Å². The average Bonchev–Trinajstić information content (AvgIpc) is 3.07. The lowest BCUT2D eigenvalue weighted by atomic mass is 9.94. The maximum absolute atomic E-state index is 13.7. The molecular formula is C38H36ClNO5S. The van der Waals surface area contributed by atoms with Crippen LogP contribution in [0.4, 0.5) is 0 Å². The summed E-state index contributed by atoms with van der Waals surface area (Å²) in [6.45, 7) is 3.59. The van der Waals surface area contributed by atoms with Gasteiger partial charge in [-0.25, -0.2) is 13.2 Å². The molecule has 0 amide bonds. The Bertz CT molecular complexity index is 1910. The number of hydrogen-bond donors (Lipinski definition) is 2. The third kappa shape index (κ3) is 7.92. The monoisotopic (exact) mass is 653 g/mol. The summed E-state index contributed by atoms with van der Waals surface area (Å²) >= 11 is 6.16. The summed E-state index contributed by atoms with van der Waals surface area (Å²) in [5.74, 6) is -1.01. The Hall–Kier alpha value is -4.27. The summed E-state index contributed by atoms with van der Waals surface area (Å²) in [5, 5.41) is 21.2. The number of rotatable bonds is 13. The van der Waals surface area contributed by atoms with Gasteiger partial charge in [-0.3, -0.25) is 4.90 Å². The van der Waals surface area contributed by atoms with Crippen LogP contribution in [0.25, 0.3) is 11.1 Å². The van der Waals surface area contributed by atoms with E-state index < -0.39 is 21.9 Å². The largest absolute Gasteiger partial charge is 0.478 e. The van der Waals surface area contributed by atoms with Crippen LogP contribution < -0.4 is 0 Å². The second-order valence-corrected chi connectivity index (χ2v) is 13.6. The number of halogens is 1. The lowest BCUT2D eigenvalue weighted by molar-refractivity contribution is 0.0695. The Labute approximate surface area is 275 Å².